The zero-order valence-electron chi connectivity index (χ0n) is 12.1. The zero-order valence-corrected chi connectivity index (χ0v) is 13.7. The van der Waals surface area contributed by atoms with Gasteiger partial charge in [-0.1, -0.05) is 19.1 Å². The van der Waals surface area contributed by atoms with Crippen molar-refractivity contribution in [2.24, 2.45) is 0 Å². The molecule has 0 amide bonds. The Kier molecular flexibility index (Phi) is 4.93. The zero-order chi connectivity index (χ0) is 14.7. The van der Waals surface area contributed by atoms with Gasteiger partial charge in [0.25, 0.3) is 0 Å². The van der Waals surface area contributed by atoms with Gasteiger partial charge in [-0.05, 0) is 31.4 Å². The van der Waals surface area contributed by atoms with Crippen molar-refractivity contribution >= 4 is 23.1 Å². The Labute approximate surface area is 133 Å². The number of rotatable bonds is 7. The number of hydrogen-bond donors (Lipinski definition) is 1. The highest BCUT2D eigenvalue weighted by molar-refractivity contribution is 7.98. The fourth-order valence-electron chi connectivity index (χ4n) is 2.14. The third kappa shape index (κ3) is 4.05. The van der Waals surface area contributed by atoms with Crippen LogP contribution in [0.2, 0.25) is 0 Å². The summed E-state index contributed by atoms with van der Waals surface area (Å²) in [6, 6.07) is 7.64. The van der Waals surface area contributed by atoms with Crippen LogP contribution in [0.15, 0.2) is 29.2 Å². The monoisotopic (exact) mass is 322 g/mol. The van der Waals surface area contributed by atoms with Gasteiger partial charge in [0.2, 0.25) is 0 Å². The first-order chi connectivity index (χ1) is 10.3. The maximum atomic E-state index is 13.6. The molecule has 0 radical (unpaired) electrons. The van der Waals surface area contributed by atoms with E-state index in [1.165, 1.54) is 41.2 Å². The van der Waals surface area contributed by atoms with Crippen molar-refractivity contribution in [2.75, 3.05) is 0 Å². The predicted molar refractivity (Wildman–Crippen MR) is 87.3 cm³/mol. The van der Waals surface area contributed by atoms with Crippen molar-refractivity contribution in [3.8, 4) is 0 Å². The summed E-state index contributed by atoms with van der Waals surface area (Å²) in [6.45, 7) is 3.07. The second-order valence-electron chi connectivity index (χ2n) is 5.21. The van der Waals surface area contributed by atoms with Gasteiger partial charge in [0, 0.05) is 22.4 Å². The van der Waals surface area contributed by atoms with Crippen LogP contribution in [0.5, 0.6) is 0 Å². The summed E-state index contributed by atoms with van der Waals surface area (Å²) in [7, 11) is 0. The second-order valence-corrected chi connectivity index (χ2v) is 7.39. The molecule has 1 aromatic carbocycles. The van der Waals surface area contributed by atoms with Gasteiger partial charge in [0.05, 0.1) is 11.4 Å². The van der Waals surface area contributed by atoms with Crippen molar-refractivity contribution in [1.29, 1.82) is 0 Å². The molecule has 1 aromatic heterocycles. The van der Waals surface area contributed by atoms with E-state index >= 15 is 0 Å². The normalized spacial score (nSPS) is 14.6. The van der Waals surface area contributed by atoms with E-state index in [1.807, 2.05) is 12.1 Å². The predicted octanol–water partition coefficient (Wildman–Crippen LogP) is 4.39. The first-order valence-electron chi connectivity index (χ1n) is 7.34. The van der Waals surface area contributed by atoms with E-state index in [0.717, 1.165) is 23.7 Å². The molecule has 0 spiro atoms. The van der Waals surface area contributed by atoms with Gasteiger partial charge in [-0.25, -0.2) is 9.37 Å². The largest absolute Gasteiger partial charge is 0.309 e. The van der Waals surface area contributed by atoms with Crippen LogP contribution in [0.1, 0.15) is 35.3 Å². The van der Waals surface area contributed by atoms with Gasteiger partial charge in [-0.2, -0.15) is 0 Å². The average molecular weight is 322 g/mol. The summed E-state index contributed by atoms with van der Waals surface area (Å²) in [5.41, 5.74) is 1.19. The number of nitrogens with one attached hydrogen (secondary N) is 1. The van der Waals surface area contributed by atoms with Crippen LogP contribution in [0, 0.1) is 5.82 Å². The molecule has 1 saturated carbocycles. The molecule has 5 heteroatoms. The summed E-state index contributed by atoms with van der Waals surface area (Å²) in [5.74, 6) is 0.590. The third-order valence-electron chi connectivity index (χ3n) is 3.47. The molecule has 0 aliphatic heterocycles. The Bertz CT molecular complexity index is 608. The number of halogens is 1. The van der Waals surface area contributed by atoms with Gasteiger partial charge in [0.15, 0.2) is 0 Å². The number of thiazole rings is 1. The lowest BCUT2D eigenvalue weighted by molar-refractivity contribution is 0.602. The van der Waals surface area contributed by atoms with E-state index in [1.54, 1.807) is 17.4 Å². The molecule has 2 nitrogen and oxygen atoms in total. The fourth-order valence-corrected chi connectivity index (χ4v) is 4.18. The minimum atomic E-state index is -0.148. The molecular weight excluding hydrogens is 303 g/mol. The summed E-state index contributed by atoms with van der Waals surface area (Å²) in [5, 5.41) is 4.64. The molecule has 1 fully saturated rings. The van der Waals surface area contributed by atoms with E-state index in [0.29, 0.717) is 10.9 Å². The first kappa shape index (κ1) is 15.0. The Morgan fingerprint density at radius 2 is 2.19 bits per heavy atom. The van der Waals surface area contributed by atoms with E-state index in [4.69, 9.17) is 4.98 Å². The van der Waals surface area contributed by atoms with Crippen LogP contribution in [0.3, 0.4) is 0 Å². The van der Waals surface area contributed by atoms with Gasteiger partial charge in [-0.3, -0.25) is 0 Å². The maximum Gasteiger partial charge on any atom is 0.136 e. The van der Waals surface area contributed by atoms with Gasteiger partial charge < -0.3 is 5.32 Å². The SMILES string of the molecule is CCc1nc(CSc2ccccc2F)sc1CNC1CC1. The topological polar surface area (TPSA) is 24.9 Å². The Balaban J connectivity index is 1.63. The van der Waals surface area contributed by atoms with Crippen LogP contribution in [0.25, 0.3) is 0 Å². The standard InChI is InChI=1S/C16H19FN2S2/c1-2-13-15(9-18-11-7-8-11)21-16(19-13)10-20-14-6-4-3-5-12(14)17/h3-6,11,18H,2,7-10H2,1H3. The van der Waals surface area contributed by atoms with Crippen LogP contribution < -0.4 is 5.32 Å². The molecule has 1 heterocycles. The molecule has 3 rings (SSSR count). The Morgan fingerprint density at radius 1 is 1.38 bits per heavy atom. The van der Waals surface area contributed by atoms with Gasteiger partial charge >= 0.3 is 0 Å². The van der Waals surface area contributed by atoms with E-state index in [-0.39, 0.29) is 5.82 Å². The number of hydrogen-bond acceptors (Lipinski definition) is 4. The Morgan fingerprint density at radius 3 is 2.90 bits per heavy atom. The molecule has 1 aliphatic carbocycles. The molecule has 0 bridgehead atoms. The first-order valence-corrected chi connectivity index (χ1v) is 9.14. The third-order valence-corrected chi connectivity index (χ3v) is 5.81. The number of thioether (sulfide) groups is 1. The highest BCUT2D eigenvalue weighted by Crippen LogP contribution is 2.29. The highest BCUT2D eigenvalue weighted by Gasteiger charge is 2.21. The van der Waals surface area contributed by atoms with Crippen LogP contribution >= 0.6 is 23.1 Å². The lowest BCUT2D eigenvalue weighted by atomic mass is 10.3. The molecule has 1 N–H and O–H groups in total. The summed E-state index contributed by atoms with van der Waals surface area (Å²) in [6.07, 6.45) is 3.56. The summed E-state index contributed by atoms with van der Waals surface area (Å²) < 4.78 is 13.6. The lowest BCUT2D eigenvalue weighted by Crippen LogP contribution is -2.15. The molecule has 112 valence electrons. The van der Waals surface area contributed by atoms with Crippen LogP contribution in [-0.4, -0.2) is 11.0 Å². The lowest BCUT2D eigenvalue weighted by Gasteiger charge is -2.01. The molecule has 0 atom stereocenters. The molecular formula is C16H19FN2S2. The fraction of sp³-hybridized carbons (Fsp3) is 0.438. The quantitative estimate of drug-likeness (QED) is 0.765. The Hall–Kier alpha value is -0.910. The van der Waals surface area contributed by atoms with Crippen molar-refractivity contribution in [2.45, 2.75) is 49.4 Å². The van der Waals surface area contributed by atoms with Crippen LogP contribution in [0.4, 0.5) is 4.39 Å². The maximum absolute atomic E-state index is 13.6. The number of nitrogens with zero attached hydrogens (tertiary/aromatic N) is 1. The smallest absolute Gasteiger partial charge is 0.136 e. The van der Waals surface area contributed by atoms with Crippen LogP contribution in [-0.2, 0) is 18.7 Å². The molecule has 1 aliphatic rings. The van der Waals surface area contributed by atoms with Gasteiger partial charge in [-0.15, -0.1) is 23.1 Å². The van der Waals surface area contributed by atoms with Gasteiger partial charge in [0.1, 0.15) is 10.8 Å². The molecule has 21 heavy (non-hydrogen) atoms. The van der Waals surface area contributed by atoms with Crippen molar-refractivity contribution in [3.63, 3.8) is 0 Å². The van der Waals surface area contributed by atoms with Crippen molar-refractivity contribution in [1.82, 2.24) is 10.3 Å². The number of aromatic nitrogens is 1. The van der Waals surface area contributed by atoms with E-state index in [2.05, 4.69) is 12.2 Å². The summed E-state index contributed by atoms with van der Waals surface area (Å²) >= 11 is 3.28. The minimum absolute atomic E-state index is 0.148. The molecule has 0 unspecified atom stereocenters. The highest BCUT2D eigenvalue weighted by atomic mass is 32.2. The second kappa shape index (κ2) is 6.90. The van der Waals surface area contributed by atoms with Crippen molar-refractivity contribution in [3.05, 3.63) is 45.7 Å². The molecule has 0 saturated heterocycles. The van der Waals surface area contributed by atoms with Crippen molar-refractivity contribution < 1.29 is 4.39 Å². The summed E-state index contributed by atoms with van der Waals surface area (Å²) in [4.78, 5) is 6.75. The molecule has 2 aromatic rings. The van der Waals surface area contributed by atoms with E-state index < -0.39 is 0 Å². The minimum Gasteiger partial charge on any atom is -0.309 e. The number of aryl methyl sites for hydroxylation is 1. The average Bonchev–Trinajstić information content (AvgIpc) is 3.24. The van der Waals surface area contributed by atoms with E-state index in [9.17, 15) is 4.39 Å². The number of benzene rings is 1.